The van der Waals surface area contributed by atoms with E-state index in [1.54, 1.807) is 38.1 Å². The lowest BCUT2D eigenvalue weighted by molar-refractivity contribution is -0.432. The van der Waals surface area contributed by atoms with Crippen LogP contribution >= 0.6 is 12.0 Å². The van der Waals surface area contributed by atoms with Crippen LogP contribution in [0.1, 0.15) is 11.4 Å². The second-order valence-corrected chi connectivity index (χ2v) is 19.7. The van der Waals surface area contributed by atoms with Gasteiger partial charge in [-0.2, -0.15) is 42.0 Å². The van der Waals surface area contributed by atoms with Crippen molar-refractivity contribution in [2.24, 2.45) is 20.5 Å². The van der Waals surface area contributed by atoms with E-state index in [1.165, 1.54) is 18.2 Å². The maximum atomic E-state index is 12.7. The van der Waals surface area contributed by atoms with Crippen LogP contribution in [0.3, 0.4) is 0 Å². The van der Waals surface area contributed by atoms with Crippen molar-refractivity contribution in [1.29, 1.82) is 0 Å². The number of fused-ring (bicyclic) bond motifs is 2. The SMILES string of the molecule is Cc1nc(Nc2cc(NCCO)c(S(=O)(=O)O)cc2N=Nc2ccc(S(=O)(=O)CCOS(=O)(=O)O)cc2)nc(Nc2ccc3c(O)c(N=Nc4ccc5ccccc5c4)c(SOOO)cc3c2C)n1. The fourth-order valence-corrected chi connectivity index (χ4v) is 9.23. The molecule has 0 aliphatic carbocycles. The maximum absolute atomic E-state index is 12.7. The van der Waals surface area contributed by atoms with E-state index in [0.29, 0.717) is 39.8 Å². The summed E-state index contributed by atoms with van der Waals surface area (Å²) in [5.41, 5.74) is 1.41. The molecule has 7 aromatic rings. The summed E-state index contributed by atoms with van der Waals surface area (Å²) in [5.74, 6) is -0.868. The van der Waals surface area contributed by atoms with Crippen molar-refractivity contribution < 1.29 is 63.4 Å². The number of aliphatic hydroxyl groups is 1. The zero-order valence-corrected chi connectivity index (χ0v) is 39.0. The molecule has 6 aromatic carbocycles. The highest BCUT2D eigenvalue weighted by molar-refractivity contribution is 7.94. The molecule has 1 heterocycles. The third-order valence-corrected chi connectivity index (χ3v) is 13.4. The summed E-state index contributed by atoms with van der Waals surface area (Å²) in [6.45, 7) is 1.96. The second kappa shape index (κ2) is 21.2. The molecule has 0 amide bonds. The molecule has 0 radical (unpaired) electrons. The molecule has 0 fully saturated rings. The monoisotopic (exact) mass is 1020 g/mol. The first-order valence-electron chi connectivity index (χ1n) is 19.8. The van der Waals surface area contributed by atoms with Gasteiger partial charge in [0.2, 0.25) is 11.9 Å². The maximum Gasteiger partial charge on any atom is 0.397 e. The molecule has 0 aliphatic rings. The summed E-state index contributed by atoms with van der Waals surface area (Å²) in [5, 5.41) is 62.4. The molecule has 7 rings (SSSR count). The molecule has 360 valence electrons. The van der Waals surface area contributed by atoms with E-state index in [1.807, 2.05) is 36.4 Å². The number of benzene rings is 6. The van der Waals surface area contributed by atoms with E-state index >= 15 is 0 Å². The topological polar surface area (TPSA) is 355 Å². The number of rotatable bonds is 20. The zero-order valence-electron chi connectivity index (χ0n) is 35.7. The van der Waals surface area contributed by atoms with E-state index in [9.17, 15) is 40.0 Å². The number of aliphatic hydroxyl groups excluding tert-OH is 1. The minimum atomic E-state index is -4.91. The lowest BCUT2D eigenvalue weighted by Crippen LogP contribution is -2.15. The summed E-state index contributed by atoms with van der Waals surface area (Å²) in [6, 6.07) is 25.2. The number of anilines is 5. The number of aryl methyl sites for hydroxylation is 2. The van der Waals surface area contributed by atoms with Crippen LogP contribution in [0.15, 0.2) is 132 Å². The van der Waals surface area contributed by atoms with E-state index in [2.05, 4.69) is 60.6 Å². The predicted molar refractivity (Wildman–Crippen MR) is 252 cm³/mol. The number of nitrogens with zero attached hydrogens (tertiary/aromatic N) is 7. The lowest BCUT2D eigenvalue weighted by Gasteiger charge is -2.16. The summed E-state index contributed by atoms with van der Waals surface area (Å²) in [7, 11) is -13.8. The number of azo groups is 2. The van der Waals surface area contributed by atoms with Crippen LogP contribution in [0.4, 0.5) is 51.7 Å². The Hall–Kier alpha value is -6.83. The van der Waals surface area contributed by atoms with Gasteiger partial charge >= 0.3 is 10.4 Å². The molecule has 0 aliphatic heterocycles. The molecular formula is C41H38N10O14S4. The number of aromatic hydroxyl groups is 1. The van der Waals surface area contributed by atoms with E-state index in [0.717, 1.165) is 29.0 Å². The van der Waals surface area contributed by atoms with Gasteiger partial charge in [-0.1, -0.05) is 35.4 Å². The number of aromatic nitrogens is 3. The predicted octanol–water partition coefficient (Wildman–Crippen LogP) is 8.49. The number of hydrogen-bond donors (Lipinski definition) is 8. The lowest BCUT2D eigenvalue weighted by atomic mass is 10.0. The largest absolute Gasteiger partial charge is 0.505 e. The molecule has 69 heavy (non-hydrogen) atoms. The van der Waals surface area contributed by atoms with Crippen molar-refractivity contribution in [1.82, 2.24) is 15.0 Å². The number of phenols is 1. The van der Waals surface area contributed by atoms with Crippen LogP contribution in [0.5, 0.6) is 5.75 Å². The van der Waals surface area contributed by atoms with Crippen LogP contribution in [-0.2, 0) is 43.9 Å². The summed E-state index contributed by atoms with van der Waals surface area (Å²) < 4.78 is 99.7. The van der Waals surface area contributed by atoms with Gasteiger partial charge in [0.1, 0.15) is 22.1 Å². The molecule has 0 unspecified atom stereocenters. The van der Waals surface area contributed by atoms with Crippen molar-refractivity contribution >= 4 is 116 Å². The van der Waals surface area contributed by atoms with Crippen LogP contribution in [0.25, 0.3) is 21.5 Å². The fraction of sp³-hybridized carbons (Fsp3) is 0.146. The molecule has 0 atom stereocenters. The molecular weight excluding hydrogens is 985 g/mol. The van der Waals surface area contributed by atoms with Crippen molar-refractivity contribution in [2.45, 2.75) is 28.5 Å². The molecule has 0 spiro atoms. The minimum absolute atomic E-state index is 0.0278. The molecule has 0 bridgehead atoms. The Labute approximate surface area is 396 Å². The first kappa shape index (κ1) is 50.1. The van der Waals surface area contributed by atoms with E-state index in [-0.39, 0.29) is 68.2 Å². The van der Waals surface area contributed by atoms with Crippen LogP contribution < -0.4 is 16.0 Å². The van der Waals surface area contributed by atoms with Gasteiger partial charge in [0.05, 0.1) is 63.5 Å². The Bertz CT molecular complexity index is 3480. The van der Waals surface area contributed by atoms with Crippen LogP contribution in [0, 0.1) is 13.8 Å². The fourth-order valence-electron chi connectivity index (χ4n) is 6.59. The number of hydrogen-bond acceptors (Lipinski definition) is 23. The van der Waals surface area contributed by atoms with Crippen molar-refractivity contribution in [3.8, 4) is 5.75 Å². The highest BCUT2D eigenvalue weighted by Gasteiger charge is 2.22. The standard InChI is InChI=1S/C41H38N10O14S4/c1-23-31-20-36(66-65-64-54)38(51-49-28-8-7-25-5-3-4-6-26(25)19-28)39(53)30(31)13-14-32(23)45-40-43-24(2)44-41(47-40)46-33-21-35(42-15-16-52)37(68(57,58)59)22-34(33)50-48-27-9-11-29(12-10-27)67(55,56)18-17-63-69(60,61)62/h3-14,19-22,42,52-54H,15-18H2,1-2H3,(H,57,58,59)(H,60,61,62)(H2,43,44,45,46,47). The number of nitrogens with one attached hydrogen (secondary N) is 3. The average molecular weight is 1020 g/mol. The van der Waals surface area contributed by atoms with Gasteiger partial charge in [0.25, 0.3) is 10.1 Å². The molecule has 24 nitrogen and oxygen atoms in total. The van der Waals surface area contributed by atoms with E-state index < -0.39 is 54.2 Å². The van der Waals surface area contributed by atoms with Gasteiger partial charge in [-0.25, -0.2) is 17.9 Å². The zero-order chi connectivity index (χ0) is 49.5. The van der Waals surface area contributed by atoms with Crippen molar-refractivity contribution in [3.63, 3.8) is 0 Å². The van der Waals surface area contributed by atoms with Gasteiger partial charge in [-0.3, -0.25) is 9.11 Å². The molecule has 0 saturated heterocycles. The Morgan fingerprint density at radius 1 is 0.710 bits per heavy atom. The van der Waals surface area contributed by atoms with Gasteiger partial charge in [0.15, 0.2) is 15.6 Å². The van der Waals surface area contributed by atoms with Gasteiger partial charge in [-0.15, -0.1) is 14.6 Å². The molecule has 1 aromatic heterocycles. The first-order valence-corrected chi connectivity index (χ1v) is 25.0. The number of phenolic OH excluding ortho intramolecular Hbond substituents is 1. The average Bonchev–Trinajstić information content (AvgIpc) is 3.29. The Kier molecular flexibility index (Phi) is 15.4. The highest BCUT2D eigenvalue weighted by atomic mass is 32.3. The van der Waals surface area contributed by atoms with Crippen molar-refractivity contribution in [2.75, 3.05) is 41.5 Å². The van der Waals surface area contributed by atoms with Gasteiger partial charge < -0.3 is 26.2 Å². The van der Waals surface area contributed by atoms with Gasteiger partial charge in [-0.05, 0) is 102 Å². The van der Waals surface area contributed by atoms with E-state index in [4.69, 9.17) is 14.1 Å². The summed E-state index contributed by atoms with van der Waals surface area (Å²) in [6.07, 6.45) is 0. The Balaban J connectivity index is 1.19. The summed E-state index contributed by atoms with van der Waals surface area (Å²) in [4.78, 5) is 12.6. The minimum Gasteiger partial charge on any atom is -0.505 e. The van der Waals surface area contributed by atoms with Crippen molar-refractivity contribution in [3.05, 3.63) is 108 Å². The quantitative estimate of drug-likeness (QED) is 0.0117. The second-order valence-electron chi connectivity index (χ2n) is 14.4. The third-order valence-electron chi connectivity index (χ3n) is 9.75. The molecule has 8 N–H and O–H groups in total. The molecule has 28 heteroatoms. The molecule has 0 saturated carbocycles. The highest BCUT2D eigenvalue weighted by Crippen LogP contribution is 2.46. The number of sulfone groups is 1. The first-order chi connectivity index (χ1) is 32.8. The normalized spacial score (nSPS) is 12.4. The summed E-state index contributed by atoms with van der Waals surface area (Å²) >= 11 is 0.578. The van der Waals surface area contributed by atoms with Crippen LogP contribution in [0.2, 0.25) is 0 Å². The Morgan fingerprint density at radius 2 is 1.39 bits per heavy atom. The van der Waals surface area contributed by atoms with Crippen LogP contribution in [-0.4, -0.2) is 90.3 Å². The Morgan fingerprint density at radius 3 is 2.07 bits per heavy atom. The smallest absolute Gasteiger partial charge is 0.397 e. The van der Waals surface area contributed by atoms with Gasteiger partial charge in [0, 0.05) is 17.6 Å². The third kappa shape index (κ3) is 12.6.